The number of carbonyl (C=O) groups excluding carboxylic acids is 2. The predicted octanol–water partition coefficient (Wildman–Crippen LogP) is 0.582. The van der Waals surface area contributed by atoms with Crippen LogP contribution in [0.1, 0.15) is 39.5 Å². The molecule has 5 fully saturated rings. The first-order valence-corrected chi connectivity index (χ1v) is 9.58. The van der Waals surface area contributed by atoms with E-state index in [1.807, 2.05) is 13.8 Å². The number of hydrogen-bond acceptors (Lipinski definition) is 6. The lowest BCUT2D eigenvalue weighted by Gasteiger charge is -2.62. The largest absolute Gasteiger partial charge is 0.461 e. The number of ketones is 1. The molecule has 0 aromatic heterocycles. The Morgan fingerprint density at radius 2 is 1.85 bits per heavy atom. The molecule has 0 radical (unpaired) electrons. The minimum Gasteiger partial charge on any atom is -0.461 e. The van der Waals surface area contributed by atoms with Gasteiger partial charge in [-0.3, -0.25) is 9.59 Å². The monoisotopic (exact) mass is 362 g/mol. The smallest absolute Gasteiger partial charge is 0.315 e. The summed E-state index contributed by atoms with van der Waals surface area (Å²) in [6.07, 6.45) is -2.07. The van der Waals surface area contributed by atoms with E-state index in [1.165, 1.54) is 0 Å². The summed E-state index contributed by atoms with van der Waals surface area (Å²) in [5.74, 6) is -2.32. The number of aliphatic hydroxyl groups is 3. The van der Waals surface area contributed by atoms with E-state index in [0.29, 0.717) is 31.3 Å². The average molecular weight is 362 g/mol. The lowest BCUT2D eigenvalue weighted by atomic mass is 9.39. The molecule has 2 spiro atoms. The molecule has 1 saturated heterocycles. The molecule has 0 unspecified atom stereocenters. The summed E-state index contributed by atoms with van der Waals surface area (Å²) in [4.78, 5) is 26.7. The molecule has 142 valence electrons. The zero-order valence-electron chi connectivity index (χ0n) is 15.1. The first kappa shape index (κ1) is 16.9. The van der Waals surface area contributed by atoms with Gasteiger partial charge in [-0.05, 0) is 42.6 Å². The molecule has 2 bridgehead atoms. The van der Waals surface area contributed by atoms with Gasteiger partial charge in [0.2, 0.25) is 0 Å². The number of ether oxygens (including phenoxy) is 1. The van der Waals surface area contributed by atoms with E-state index in [-0.39, 0.29) is 5.92 Å². The van der Waals surface area contributed by atoms with Crippen molar-refractivity contribution >= 4 is 11.8 Å². The van der Waals surface area contributed by atoms with Gasteiger partial charge in [-0.25, -0.2) is 0 Å². The molecule has 1 heterocycles. The minimum atomic E-state index is -1.40. The topological polar surface area (TPSA) is 104 Å². The third-order valence-corrected chi connectivity index (χ3v) is 8.53. The maximum Gasteiger partial charge on any atom is 0.315 e. The molecule has 4 aliphatic carbocycles. The van der Waals surface area contributed by atoms with Crippen molar-refractivity contribution < 1.29 is 29.6 Å². The SMILES string of the molecule is C=C1[C@@H]2C[C@H]3OC(=O)[C@@]45[C@H]([C@H](O)C(=O)[C@](C2)([C@@H]1O)[C@@H]34)C(C)(C)CC[C@@H]5O. The van der Waals surface area contributed by atoms with Crippen LogP contribution in [0.4, 0.5) is 0 Å². The van der Waals surface area contributed by atoms with E-state index >= 15 is 0 Å². The summed E-state index contributed by atoms with van der Waals surface area (Å²) in [7, 11) is 0. The molecular weight excluding hydrogens is 336 g/mol. The second-order valence-electron chi connectivity index (χ2n) is 9.84. The van der Waals surface area contributed by atoms with Crippen LogP contribution in [0, 0.1) is 34.0 Å². The van der Waals surface area contributed by atoms with E-state index in [1.54, 1.807) is 0 Å². The van der Waals surface area contributed by atoms with Gasteiger partial charge in [0.1, 0.15) is 17.6 Å². The van der Waals surface area contributed by atoms with Crippen molar-refractivity contribution in [2.45, 2.75) is 63.9 Å². The maximum atomic E-state index is 13.5. The molecule has 0 amide bonds. The lowest BCUT2D eigenvalue weighted by molar-refractivity contribution is -0.227. The number of carbonyl (C=O) groups is 2. The average Bonchev–Trinajstić information content (AvgIpc) is 2.97. The quantitative estimate of drug-likeness (QED) is 0.430. The van der Waals surface area contributed by atoms with Crippen LogP contribution >= 0.6 is 0 Å². The second kappa shape index (κ2) is 4.59. The van der Waals surface area contributed by atoms with Crippen molar-refractivity contribution in [2.75, 3.05) is 0 Å². The molecule has 0 aromatic carbocycles. The normalized spacial score (nSPS) is 56.8. The molecule has 26 heavy (non-hydrogen) atoms. The molecule has 6 nitrogen and oxygen atoms in total. The van der Waals surface area contributed by atoms with Crippen molar-refractivity contribution in [3.63, 3.8) is 0 Å². The summed E-state index contributed by atoms with van der Waals surface area (Å²) in [5.41, 5.74) is -2.52. The van der Waals surface area contributed by atoms with Crippen LogP contribution in [-0.2, 0) is 14.3 Å². The Morgan fingerprint density at radius 1 is 1.15 bits per heavy atom. The van der Waals surface area contributed by atoms with E-state index in [0.717, 1.165) is 0 Å². The molecule has 3 N–H and O–H groups in total. The maximum absolute atomic E-state index is 13.5. The molecule has 4 saturated carbocycles. The molecular formula is C20H26O6. The standard InChI is InChI=1S/C20H26O6/c1-8-9-6-10-13-19(7-9,15(8)23)16(24)12(22)14-18(2,3)5-4-11(21)20(13,14)17(25)26-10/h9-15,21-23H,1,4-7H2,2-3H3/t9-,10-,11+,12+,13-,14-,15-,19+,20-/m1/s1. The van der Waals surface area contributed by atoms with Gasteiger partial charge in [0.05, 0.1) is 17.6 Å². The zero-order valence-corrected chi connectivity index (χ0v) is 15.1. The van der Waals surface area contributed by atoms with Crippen molar-refractivity contribution in [3.8, 4) is 0 Å². The number of hydrogen-bond donors (Lipinski definition) is 3. The summed E-state index contributed by atoms with van der Waals surface area (Å²) in [6, 6.07) is 0. The Kier molecular flexibility index (Phi) is 2.99. The third kappa shape index (κ3) is 1.47. The number of esters is 1. The molecule has 1 aliphatic heterocycles. The Hall–Kier alpha value is -1.24. The molecule has 5 aliphatic rings. The number of rotatable bonds is 0. The predicted molar refractivity (Wildman–Crippen MR) is 89.6 cm³/mol. The highest BCUT2D eigenvalue weighted by Crippen LogP contribution is 2.73. The van der Waals surface area contributed by atoms with Gasteiger partial charge in [0, 0.05) is 11.8 Å². The van der Waals surface area contributed by atoms with Crippen LogP contribution in [0.5, 0.6) is 0 Å². The summed E-state index contributed by atoms with van der Waals surface area (Å²) < 4.78 is 5.76. The highest BCUT2D eigenvalue weighted by atomic mass is 16.6. The van der Waals surface area contributed by atoms with Crippen molar-refractivity contribution in [2.24, 2.45) is 34.0 Å². The fourth-order valence-electron chi connectivity index (χ4n) is 7.63. The van der Waals surface area contributed by atoms with Gasteiger partial charge in [-0.2, -0.15) is 0 Å². The second-order valence-corrected chi connectivity index (χ2v) is 9.84. The number of Topliss-reactive ketones (excluding diaryl/α,β-unsaturated/α-hetero) is 1. The first-order chi connectivity index (χ1) is 12.1. The fraction of sp³-hybridized carbons (Fsp3) is 0.800. The Morgan fingerprint density at radius 3 is 2.54 bits per heavy atom. The third-order valence-electron chi connectivity index (χ3n) is 8.53. The van der Waals surface area contributed by atoms with Crippen LogP contribution in [0.25, 0.3) is 0 Å². The summed E-state index contributed by atoms with van der Waals surface area (Å²) >= 11 is 0. The lowest BCUT2D eigenvalue weighted by Crippen LogP contribution is -2.73. The summed E-state index contributed by atoms with van der Waals surface area (Å²) in [6.45, 7) is 7.87. The van der Waals surface area contributed by atoms with Gasteiger partial charge < -0.3 is 20.1 Å². The number of aliphatic hydroxyl groups excluding tert-OH is 3. The van der Waals surface area contributed by atoms with Crippen LogP contribution in [0.3, 0.4) is 0 Å². The molecule has 5 rings (SSSR count). The highest BCUT2D eigenvalue weighted by molar-refractivity contribution is 5.97. The first-order valence-electron chi connectivity index (χ1n) is 9.58. The zero-order chi connectivity index (χ0) is 18.8. The van der Waals surface area contributed by atoms with E-state index in [2.05, 4.69) is 6.58 Å². The van der Waals surface area contributed by atoms with Crippen LogP contribution in [0.15, 0.2) is 12.2 Å². The van der Waals surface area contributed by atoms with E-state index in [4.69, 9.17) is 4.74 Å². The molecule has 9 atom stereocenters. The van der Waals surface area contributed by atoms with Gasteiger partial charge in [-0.15, -0.1) is 0 Å². The van der Waals surface area contributed by atoms with Crippen LogP contribution < -0.4 is 0 Å². The fourth-order valence-corrected chi connectivity index (χ4v) is 7.63. The van der Waals surface area contributed by atoms with Crippen molar-refractivity contribution in [1.29, 1.82) is 0 Å². The summed E-state index contributed by atoms with van der Waals surface area (Å²) in [5, 5.41) is 33.2. The van der Waals surface area contributed by atoms with Crippen molar-refractivity contribution in [1.82, 2.24) is 0 Å². The van der Waals surface area contributed by atoms with Gasteiger partial charge in [-0.1, -0.05) is 20.4 Å². The van der Waals surface area contributed by atoms with Crippen molar-refractivity contribution in [3.05, 3.63) is 12.2 Å². The van der Waals surface area contributed by atoms with Crippen LogP contribution in [0.2, 0.25) is 0 Å². The van der Waals surface area contributed by atoms with Gasteiger partial charge in [0.15, 0.2) is 5.78 Å². The van der Waals surface area contributed by atoms with E-state index < -0.39 is 64.2 Å². The van der Waals surface area contributed by atoms with E-state index in [9.17, 15) is 24.9 Å². The molecule has 6 heteroatoms. The Balaban J connectivity index is 1.81. The number of fused-ring (bicyclic) bond motifs is 1. The highest BCUT2D eigenvalue weighted by Gasteiger charge is 2.83. The van der Waals surface area contributed by atoms with Crippen LogP contribution in [-0.4, -0.2) is 51.5 Å². The Labute approximate surface area is 152 Å². The molecule has 0 aromatic rings. The Bertz CT molecular complexity index is 743. The minimum absolute atomic E-state index is 0.101. The van der Waals surface area contributed by atoms with Gasteiger partial charge >= 0.3 is 5.97 Å². The van der Waals surface area contributed by atoms with Gasteiger partial charge in [0.25, 0.3) is 0 Å².